The first-order chi connectivity index (χ1) is 10.7. The molecule has 1 heterocycles. The van der Waals surface area contributed by atoms with Crippen LogP contribution < -0.4 is 0 Å². The first kappa shape index (κ1) is 15.5. The van der Waals surface area contributed by atoms with Crippen LogP contribution in [0, 0.1) is 11.8 Å². The van der Waals surface area contributed by atoms with Gasteiger partial charge in [0.25, 0.3) is 0 Å². The third kappa shape index (κ3) is 3.49. The predicted octanol–water partition coefficient (Wildman–Crippen LogP) is 5.34. The third-order valence-corrected chi connectivity index (χ3v) is 5.04. The van der Waals surface area contributed by atoms with Gasteiger partial charge in [-0.25, -0.2) is 9.97 Å². The van der Waals surface area contributed by atoms with Crippen molar-refractivity contribution in [1.82, 2.24) is 9.97 Å². The van der Waals surface area contributed by atoms with Gasteiger partial charge in [0.1, 0.15) is 0 Å². The van der Waals surface area contributed by atoms with Crippen LogP contribution in [-0.2, 0) is 12.8 Å². The molecule has 0 saturated carbocycles. The fraction of sp³-hybridized carbons (Fsp3) is 0.474. The zero-order valence-corrected chi connectivity index (χ0v) is 14.1. The maximum absolute atomic E-state index is 5.94. The van der Waals surface area contributed by atoms with Crippen molar-refractivity contribution in [1.29, 1.82) is 0 Å². The van der Waals surface area contributed by atoms with E-state index >= 15 is 0 Å². The van der Waals surface area contributed by atoms with E-state index in [1.54, 1.807) is 0 Å². The van der Waals surface area contributed by atoms with Gasteiger partial charge in [-0.1, -0.05) is 31.9 Å². The van der Waals surface area contributed by atoms with E-state index in [9.17, 15) is 0 Å². The van der Waals surface area contributed by atoms with Gasteiger partial charge in [-0.3, -0.25) is 0 Å². The summed E-state index contributed by atoms with van der Waals surface area (Å²) in [6.45, 7) is 4.64. The minimum absolute atomic E-state index is 0.745. The summed E-state index contributed by atoms with van der Waals surface area (Å²) in [5.74, 6) is 2.43. The van der Waals surface area contributed by atoms with Crippen molar-refractivity contribution in [3.8, 4) is 11.4 Å². The van der Waals surface area contributed by atoms with Crippen molar-refractivity contribution in [2.75, 3.05) is 0 Å². The lowest BCUT2D eigenvalue weighted by atomic mass is 9.81. The number of aryl methyl sites for hydroxylation is 1. The van der Waals surface area contributed by atoms with Crippen molar-refractivity contribution in [3.05, 3.63) is 46.7 Å². The summed E-state index contributed by atoms with van der Waals surface area (Å²) in [5.41, 5.74) is 3.62. The van der Waals surface area contributed by atoms with E-state index in [0.717, 1.165) is 41.1 Å². The Labute approximate surface area is 138 Å². The van der Waals surface area contributed by atoms with Gasteiger partial charge in [0.2, 0.25) is 0 Å². The molecule has 2 atom stereocenters. The molecule has 1 aliphatic rings. The monoisotopic (exact) mass is 314 g/mol. The van der Waals surface area contributed by atoms with Gasteiger partial charge in [-0.15, -0.1) is 0 Å². The Kier molecular flexibility index (Phi) is 4.77. The molecule has 0 radical (unpaired) electrons. The largest absolute Gasteiger partial charge is 0.236 e. The van der Waals surface area contributed by atoms with E-state index < -0.39 is 0 Å². The van der Waals surface area contributed by atoms with Crippen LogP contribution >= 0.6 is 11.6 Å². The topological polar surface area (TPSA) is 25.8 Å². The van der Waals surface area contributed by atoms with Crippen LogP contribution in [0.4, 0.5) is 0 Å². The number of benzene rings is 1. The highest BCUT2D eigenvalue weighted by Crippen LogP contribution is 2.30. The van der Waals surface area contributed by atoms with E-state index in [4.69, 9.17) is 16.6 Å². The Hall–Kier alpha value is -1.41. The molecule has 0 N–H and O–H groups in total. The quantitative estimate of drug-likeness (QED) is 0.761. The van der Waals surface area contributed by atoms with Crippen molar-refractivity contribution in [2.45, 2.75) is 46.0 Å². The summed E-state index contributed by atoms with van der Waals surface area (Å²) in [4.78, 5) is 9.36. The molecule has 0 fully saturated rings. The Morgan fingerprint density at radius 1 is 1.27 bits per heavy atom. The number of nitrogens with zero attached hydrogens (tertiary/aromatic N) is 2. The SMILES string of the molecule is CCC(C)CC1CCc2nc(-c3ccc(Cl)cc3)ncc2C1. The van der Waals surface area contributed by atoms with Crippen molar-refractivity contribution < 1.29 is 0 Å². The molecule has 0 aliphatic heterocycles. The number of halogens is 1. The van der Waals surface area contributed by atoms with Gasteiger partial charge in [-0.05, 0) is 67.3 Å². The molecule has 2 nitrogen and oxygen atoms in total. The molecule has 2 unspecified atom stereocenters. The molecule has 116 valence electrons. The molecule has 0 amide bonds. The van der Waals surface area contributed by atoms with Gasteiger partial charge in [-0.2, -0.15) is 0 Å². The minimum atomic E-state index is 0.745. The smallest absolute Gasteiger partial charge is 0.159 e. The predicted molar refractivity (Wildman–Crippen MR) is 92.1 cm³/mol. The van der Waals surface area contributed by atoms with E-state index in [1.807, 2.05) is 30.5 Å². The first-order valence-corrected chi connectivity index (χ1v) is 8.64. The van der Waals surface area contributed by atoms with Gasteiger partial charge in [0, 0.05) is 22.5 Å². The van der Waals surface area contributed by atoms with Gasteiger partial charge < -0.3 is 0 Å². The Morgan fingerprint density at radius 3 is 2.77 bits per heavy atom. The Bertz CT molecular complexity index is 636. The van der Waals surface area contributed by atoms with Gasteiger partial charge in [0.15, 0.2) is 5.82 Å². The molecule has 1 aromatic heterocycles. The lowest BCUT2D eigenvalue weighted by Crippen LogP contribution is -2.18. The molecular weight excluding hydrogens is 292 g/mol. The number of hydrogen-bond acceptors (Lipinski definition) is 2. The summed E-state index contributed by atoms with van der Waals surface area (Å²) in [5, 5.41) is 0.745. The zero-order chi connectivity index (χ0) is 15.5. The molecule has 0 saturated heterocycles. The molecule has 3 heteroatoms. The summed E-state index contributed by atoms with van der Waals surface area (Å²) < 4.78 is 0. The van der Waals surface area contributed by atoms with Crippen molar-refractivity contribution in [2.24, 2.45) is 11.8 Å². The van der Waals surface area contributed by atoms with Crippen LogP contribution in [-0.4, -0.2) is 9.97 Å². The summed E-state index contributed by atoms with van der Waals surface area (Å²) in [6, 6.07) is 7.75. The highest BCUT2D eigenvalue weighted by Gasteiger charge is 2.22. The minimum Gasteiger partial charge on any atom is -0.236 e. The number of rotatable bonds is 4. The second kappa shape index (κ2) is 6.78. The molecule has 0 spiro atoms. The maximum Gasteiger partial charge on any atom is 0.159 e. The van der Waals surface area contributed by atoms with Gasteiger partial charge in [0.05, 0.1) is 0 Å². The lowest BCUT2D eigenvalue weighted by molar-refractivity contribution is 0.346. The molecule has 1 aromatic carbocycles. The number of hydrogen-bond donors (Lipinski definition) is 0. The average Bonchev–Trinajstić information content (AvgIpc) is 2.55. The van der Waals surface area contributed by atoms with Crippen LogP contribution in [0.5, 0.6) is 0 Å². The Balaban J connectivity index is 1.77. The van der Waals surface area contributed by atoms with E-state index in [0.29, 0.717) is 0 Å². The van der Waals surface area contributed by atoms with Crippen LogP contribution in [0.1, 0.15) is 44.4 Å². The first-order valence-electron chi connectivity index (χ1n) is 8.26. The molecule has 1 aliphatic carbocycles. The molecule has 22 heavy (non-hydrogen) atoms. The summed E-state index contributed by atoms with van der Waals surface area (Å²) in [7, 11) is 0. The number of aromatic nitrogens is 2. The van der Waals surface area contributed by atoms with Crippen LogP contribution in [0.3, 0.4) is 0 Å². The van der Waals surface area contributed by atoms with E-state index in [2.05, 4.69) is 18.8 Å². The fourth-order valence-corrected chi connectivity index (χ4v) is 3.38. The summed E-state index contributed by atoms with van der Waals surface area (Å²) in [6.07, 6.45) is 8.12. The Morgan fingerprint density at radius 2 is 2.05 bits per heavy atom. The standard InChI is InChI=1S/C19H23ClN2/c1-3-13(2)10-14-4-9-18-16(11-14)12-21-19(22-18)15-5-7-17(20)8-6-15/h5-8,12-14H,3-4,9-11H2,1-2H3. The van der Waals surface area contributed by atoms with Crippen LogP contribution in [0.2, 0.25) is 5.02 Å². The molecule has 2 aromatic rings. The van der Waals surface area contributed by atoms with Crippen molar-refractivity contribution in [3.63, 3.8) is 0 Å². The van der Waals surface area contributed by atoms with Gasteiger partial charge >= 0.3 is 0 Å². The van der Waals surface area contributed by atoms with Crippen LogP contribution in [0.25, 0.3) is 11.4 Å². The maximum atomic E-state index is 5.94. The van der Waals surface area contributed by atoms with Crippen LogP contribution in [0.15, 0.2) is 30.5 Å². The zero-order valence-electron chi connectivity index (χ0n) is 13.3. The average molecular weight is 315 g/mol. The second-order valence-corrected chi connectivity index (χ2v) is 6.97. The molecular formula is C19H23ClN2. The second-order valence-electron chi connectivity index (χ2n) is 6.53. The molecule has 3 rings (SSSR count). The fourth-order valence-electron chi connectivity index (χ4n) is 3.26. The highest BCUT2D eigenvalue weighted by atomic mass is 35.5. The third-order valence-electron chi connectivity index (χ3n) is 4.79. The highest BCUT2D eigenvalue weighted by molar-refractivity contribution is 6.30. The van der Waals surface area contributed by atoms with E-state index in [1.165, 1.54) is 30.5 Å². The lowest BCUT2D eigenvalue weighted by Gasteiger charge is -2.26. The van der Waals surface area contributed by atoms with Crippen molar-refractivity contribution >= 4 is 11.6 Å². The van der Waals surface area contributed by atoms with E-state index in [-0.39, 0.29) is 0 Å². The number of fused-ring (bicyclic) bond motifs is 1. The molecule has 0 bridgehead atoms. The normalized spacial score (nSPS) is 18.8. The summed E-state index contributed by atoms with van der Waals surface area (Å²) >= 11 is 5.94.